The highest BCUT2D eigenvalue weighted by atomic mass is 16.4. The van der Waals surface area contributed by atoms with Gasteiger partial charge in [-0.05, 0) is 44.4 Å². The topological polar surface area (TPSA) is 69.6 Å². The summed E-state index contributed by atoms with van der Waals surface area (Å²) in [5.41, 5.74) is 0. The van der Waals surface area contributed by atoms with Crippen molar-refractivity contribution < 1.29 is 14.7 Å². The van der Waals surface area contributed by atoms with Crippen LogP contribution in [0.2, 0.25) is 0 Å². The number of nitrogens with zero attached hydrogens (tertiary/aromatic N) is 1. The van der Waals surface area contributed by atoms with Gasteiger partial charge in [0.05, 0.1) is 0 Å². The molecular formula is C15H26N2O3. The lowest BCUT2D eigenvalue weighted by Gasteiger charge is -2.30. The number of urea groups is 1. The summed E-state index contributed by atoms with van der Waals surface area (Å²) < 4.78 is 0. The first-order valence-electron chi connectivity index (χ1n) is 7.90. The van der Waals surface area contributed by atoms with Gasteiger partial charge in [-0.3, -0.25) is 0 Å². The standard InChI is InChI=1S/C15H26N2O3/c1-2-17(10-11-8-9-11)15(20)16-13(14(18)19)12-6-4-3-5-7-12/h11-13H,2-10H2,1H3,(H,16,20)(H,18,19). The molecule has 2 amide bonds. The Kier molecular flexibility index (Phi) is 5.26. The van der Waals surface area contributed by atoms with Crippen LogP contribution in [-0.2, 0) is 4.79 Å². The number of carboxylic acids is 1. The molecule has 20 heavy (non-hydrogen) atoms. The molecule has 2 fully saturated rings. The summed E-state index contributed by atoms with van der Waals surface area (Å²) in [7, 11) is 0. The van der Waals surface area contributed by atoms with Gasteiger partial charge in [-0.2, -0.15) is 0 Å². The summed E-state index contributed by atoms with van der Waals surface area (Å²) in [4.78, 5) is 25.4. The minimum absolute atomic E-state index is 0.0878. The van der Waals surface area contributed by atoms with Gasteiger partial charge in [-0.15, -0.1) is 0 Å². The SMILES string of the molecule is CCN(CC1CC1)C(=O)NC(C(=O)O)C1CCCCC1. The van der Waals surface area contributed by atoms with E-state index in [9.17, 15) is 14.7 Å². The zero-order valence-corrected chi connectivity index (χ0v) is 12.3. The predicted octanol–water partition coefficient (Wildman–Crippen LogP) is 2.46. The summed E-state index contributed by atoms with van der Waals surface area (Å²) in [5.74, 6) is -0.184. The van der Waals surface area contributed by atoms with Crippen LogP contribution < -0.4 is 5.32 Å². The lowest BCUT2D eigenvalue weighted by molar-refractivity contribution is -0.141. The van der Waals surface area contributed by atoms with Crippen LogP contribution in [0.25, 0.3) is 0 Å². The smallest absolute Gasteiger partial charge is 0.326 e. The van der Waals surface area contributed by atoms with Gasteiger partial charge in [-0.25, -0.2) is 9.59 Å². The third-order valence-corrected chi connectivity index (χ3v) is 4.51. The fraction of sp³-hybridized carbons (Fsp3) is 0.867. The Balaban J connectivity index is 1.91. The molecule has 1 atom stereocenters. The van der Waals surface area contributed by atoms with Gasteiger partial charge >= 0.3 is 12.0 Å². The van der Waals surface area contributed by atoms with Crippen LogP contribution in [0.5, 0.6) is 0 Å². The van der Waals surface area contributed by atoms with E-state index in [1.54, 1.807) is 4.90 Å². The molecule has 2 aliphatic carbocycles. The average Bonchev–Trinajstić information content (AvgIpc) is 3.26. The summed E-state index contributed by atoms with van der Waals surface area (Å²) >= 11 is 0. The van der Waals surface area contributed by atoms with Crippen LogP contribution in [0.4, 0.5) is 4.79 Å². The van der Waals surface area contributed by atoms with Crippen LogP contribution in [0, 0.1) is 11.8 Å². The zero-order chi connectivity index (χ0) is 14.5. The highest BCUT2D eigenvalue weighted by Gasteiger charge is 2.33. The van der Waals surface area contributed by atoms with Crippen molar-refractivity contribution in [1.29, 1.82) is 0 Å². The van der Waals surface area contributed by atoms with Crippen LogP contribution in [0.1, 0.15) is 51.9 Å². The first-order chi connectivity index (χ1) is 9.61. The van der Waals surface area contributed by atoms with Crippen molar-refractivity contribution in [2.75, 3.05) is 13.1 Å². The lowest BCUT2D eigenvalue weighted by Crippen LogP contribution is -2.51. The molecular weight excluding hydrogens is 256 g/mol. The first-order valence-corrected chi connectivity index (χ1v) is 7.90. The molecule has 0 bridgehead atoms. The number of carboxylic acid groups (broad SMARTS) is 1. The number of aliphatic carboxylic acids is 1. The maximum Gasteiger partial charge on any atom is 0.326 e. The molecule has 0 aromatic carbocycles. The van der Waals surface area contributed by atoms with E-state index >= 15 is 0 Å². The Morgan fingerprint density at radius 3 is 2.35 bits per heavy atom. The number of amides is 2. The second-order valence-corrected chi connectivity index (χ2v) is 6.15. The van der Waals surface area contributed by atoms with Gasteiger partial charge < -0.3 is 15.3 Å². The Labute approximate surface area is 120 Å². The van der Waals surface area contributed by atoms with Crippen molar-refractivity contribution in [1.82, 2.24) is 10.2 Å². The number of nitrogens with one attached hydrogen (secondary N) is 1. The molecule has 0 aromatic heterocycles. The van der Waals surface area contributed by atoms with Crippen molar-refractivity contribution in [2.24, 2.45) is 11.8 Å². The number of carbonyl (C=O) groups excluding carboxylic acids is 1. The highest BCUT2D eigenvalue weighted by molar-refractivity contribution is 5.82. The van der Waals surface area contributed by atoms with Crippen molar-refractivity contribution in [3.63, 3.8) is 0 Å². The fourth-order valence-corrected chi connectivity index (χ4v) is 3.04. The Bertz CT molecular complexity index is 349. The molecule has 0 radical (unpaired) electrons. The van der Waals surface area contributed by atoms with Gasteiger partial charge in [0.2, 0.25) is 0 Å². The molecule has 5 heteroatoms. The third-order valence-electron chi connectivity index (χ3n) is 4.51. The zero-order valence-electron chi connectivity index (χ0n) is 12.3. The maximum absolute atomic E-state index is 12.2. The van der Waals surface area contributed by atoms with Gasteiger partial charge in [0.25, 0.3) is 0 Å². The molecule has 2 rings (SSSR count). The van der Waals surface area contributed by atoms with Gasteiger partial charge in [0.15, 0.2) is 0 Å². The van der Waals surface area contributed by atoms with E-state index in [1.807, 2.05) is 6.92 Å². The van der Waals surface area contributed by atoms with Gasteiger partial charge in [-0.1, -0.05) is 19.3 Å². The maximum atomic E-state index is 12.2. The summed E-state index contributed by atoms with van der Waals surface area (Å²) in [6, 6.07) is -0.937. The highest BCUT2D eigenvalue weighted by Crippen LogP contribution is 2.30. The molecule has 0 aromatic rings. The van der Waals surface area contributed by atoms with Gasteiger partial charge in [0, 0.05) is 13.1 Å². The van der Waals surface area contributed by atoms with E-state index in [4.69, 9.17) is 0 Å². The molecule has 5 nitrogen and oxygen atoms in total. The van der Waals surface area contributed by atoms with E-state index < -0.39 is 12.0 Å². The first kappa shape index (κ1) is 15.1. The lowest BCUT2D eigenvalue weighted by atomic mass is 9.84. The molecule has 114 valence electrons. The van der Waals surface area contributed by atoms with Crippen LogP contribution >= 0.6 is 0 Å². The number of hydrogen-bond acceptors (Lipinski definition) is 2. The number of rotatable bonds is 6. The summed E-state index contributed by atoms with van der Waals surface area (Å²) in [6.07, 6.45) is 7.52. The predicted molar refractivity (Wildman–Crippen MR) is 76.5 cm³/mol. The summed E-state index contributed by atoms with van der Waals surface area (Å²) in [5, 5.41) is 12.1. The second-order valence-electron chi connectivity index (χ2n) is 6.15. The van der Waals surface area contributed by atoms with Crippen molar-refractivity contribution in [2.45, 2.75) is 57.9 Å². The van der Waals surface area contributed by atoms with Crippen LogP contribution in [0.15, 0.2) is 0 Å². The molecule has 2 aliphatic rings. The minimum Gasteiger partial charge on any atom is -0.480 e. The molecule has 0 saturated heterocycles. The molecule has 2 N–H and O–H groups in total. The largest absolute Gasteiger partial charge is 0.480 e. The number of hydrogen-bond donors (Lipinski definition) is 2. The van der Waals surface area contributed by atoms with E-state index in [0.29, 0.717) is 12.5 Å². The molecule has 1 unspecified atom stereocenters. The Morgan fingerprint density at radius 1 is 1.20 bits per heavy atom. The molecule has 0 heterocycles. The van der Waals surface area contributed by atoms with Gasteiger partial charge in [0.1, 0.15) is 6.04 Å². The Morgan fingerprint density at radius 2 is 1.85 bits per heavy atom. The average molecular weight is 282 g/mol. The summed E-state index contributed by atoms with van der Waals surface area (Å²) in [6.45, 7) is 3.34. The van der Waals surface area contributed by atoms with Crippen LogP contribution in [0.3, 0.4) is 0 Å². The monoisotopic (exact) mass is 282 g/mol. The van der Waals surface area contributed by atoms with Crippen LogP contribution in [-0.4, -0.2) is 41.1 Å². The second kappa shape index (κ2) is 6.95. The van der Waals surface area contributed by atoms with E-state index in [2.05, 4.69) is 5.32 Å². The third kappa shape index (κ3) is 4.12. The van der Waals surface area contributed by atoms with Crippen molar-refractivity contribution in [3.8, 4) is 0 Å². The van der Waals surface area contributed by atoms with E-state index in [-0.39, 0.29) is 11.9 Å². The quantitative estimate of drug-likeness (QED) is 0.786. The van der Waals surface area contributed by atoms with Crippen molar-refractivity contribution >= 4 is 12.0 Å². The molecule has 0 spiro atoms. The minimum atomic E-state index is -0.896. The van der Waals surface area contributed by atoms with E-state index in [0.717, 1.165) is 32.2 Å². The van der Waals surface area contributed by atoms with Crippen molar-refractivity contribution in [3.05, 3.63) is 0 Å². The Hall–Kier alpha value is -1.26. The normalized spacial score (nSPS) is 21.2. The molecule has 0 aliphatic heterocycles. The van der Waals surface area contributed by atoms with E-state index in [1.165, 1.54) is 19.3 Å². The fourth-order valence-electron chi connectivity index (χ4n) is 3.04. The molecule has 2 saturated carbocycles. The number of carbonyl (C=O) groups is 2.